The van der Waals surface area contributed by atoms with Crippen LogP contribution in [0.5, 0.6) is 0 Å². The van der Waals surface area contributed by atoms with E-state index >= 15 is 0 Å². The average molecular weight is 282 g/mol. The van der Waals surface area contributed by atoms with Crippen LogP contribution in [0.2, 0.25) is 0 Å². The number of carbonyl (C=O) groups excluding carboxylic acids is 2. The molecule has 1 aromatic rings. The van der Waals surface area contributed by atoms with E-state index in [9.17, 15) is 14.7 Å². The number of amides is 2. The molecule has 1 rings (SSSR count). The fourth-order valence-electron chi connectivity index (χ4n) is 1.63. The Kier molecular flexibility index (Phi) is 5.76. The summed E-state index contributed by atoms with van der Waals surface area (Å²) in [5, 5.41) is 14.6. The van der Waals surface area contributed by atoms with Gasteiger partial charge in [0.25, 0.3) is 5.91 Å². The first kappa shape index (κ1) is 16.2. The smallest absolute Gasteiger partial charge is 0.255 e. The van der Waals surface area contributed by atoms with Crippen molar-refractivity contribution >= 4 is 11.8 Å². The van der Waals surface area contributed by atoms with Gasteiger partial charge in [-0.1, -0.05) is 13.8 Å². The maximum Gasteiger partial charge on any atom is 0.255 e. The number of aliphatic hydroxyl groups excluding tert-OH is 1. The van der Waals surface area contributed by atoms with E-state index in [1.54, 1.807) is 19.9 Å². The Morgan fingerprint density at radius 3 is 2.45 bits per heavy atom. The summed E-state index contributed by atoms with van der Waals surface area (Å²) in [5.74, 6) is 0.559. The summed E-state index contributed by atoms with van der Waals surface area (Å²) in [4.78, 5) is 23.4. The van der Waals surface area contributed by atoms with Crippen molar-refractivity contribution in [3.8, 4) is 0 Å². The molecule has 2 amide bonds. The van der Waals surface area contributed by atoms with Crippen molar-refractivity contribution in [2.45, 2.75) is 33.8 Å². The number of hydrogen-bond acceptors (Lipinski definition) is 4. The van der Waals surface area contributed by atoms with Crippen LogP contribution in [0.4, 0.5) is 0 Å². The van der Waals surface area contributed by atoms with Crippen molar-refractivity contribution in [1.29, 1.82) is 0 Å². The summed E-state index contributed by atoms with van der Waals surface area (Å²) >= 11 is 0. The van der Waals surface area contributed by atoms with Gasteiger partial charge in [0, 0.05) is 6.54 Å². The van der Waals surface area contributed by atoms with Gasteiger partial charge >= 0.3 is 0 Å². The summed E-state index contributed by atoms with van der Waals surface area (Å²) < 4.78 is 5.25. The molecule has 0 aromatic carbocycles. The Bertz CT molecular complexity index is 480. The molecule has 0 saturated heterocycles. The fraction of sp³-hybridized carbons (Fsp3) is 0.571. The molecule has 0 spiro atoms. The van der Waals surface area contributed by atoms with E-state index in [4.69, 9.17) is 4.42 Å². The van der Waals surface area contributed by atoms with Crippen molar-refractivity contribution in [3.63, 3.8) is 0 Å². The molecule has 0 aliphatic rings. The van der Waals surface area contributed by atoms with Crippen LogP contribution in [0, 0.1) is 19.8 Å². The number of nitrogens with one attached hydrogen (secondary N) is 2. The minimum atomic E-state index is -0.589. The molecule has 6 nitrogen and oxygen atoms in total. The van der Waals surface area contributed by atoms with Gasteiger partial charge in [0.2, 0.25) is 5.91 Å². The maximum absolute atomic E-state index is 11.8. The molecule has 0 aliphatic carbocycles. The Hall–Kier alpha value is -1.82. The summed E-state index contributed by atoms with van der Waals surface area (Å²) in [6.45, 7) is 7.22. The molecule has 1 aromatic heterocycles. The third-order valence-electron chi connectivity index (χ3n) is 2.97. The van der Waals surface area contributed by atoms with Crippen LogP contribution < -0.4 is 10.6 Å². The van der Waals surface area contributed by atoms with Gasteiger partial charge < -0.3 is 20.2 Å². The largest absolute Gasteiger partial charge is 0.466 e. The molecule has 0 aliphatic heterocycles. The Labute approximate surface area is 118 Å². The van der Waals surface area contributed by atoms with Crippen molar-refractivity contribution in [3.05, 3.63) is 23.2 Å². The Balaban J connectivity index is 2.38. The average Bonchev–Trinajstić information content (AvgIpc) is 2.71. The zero-order valence-electron chi connectivity index (χ0n) is 12.3. The van der Waals surface area contributed by atoms with Crippen LogP contribution in [-0.2, 0) is 4.79 Å². The number of rotatable bonds is 6. The van der Waals surface area contributed by atoms with E-state index in [1.807, 2.05) is 13.8 Å². The highest BCUT2D eigenvalue weighted by Crippen LogP contribution is 2.12. The minimum Gasteiger partial charge on any atom is -0.466 e. The van der Waals surface area contributed by atoms with Crippen LogP contribution in [0.15, 0.2) is 10.5 Å². The van der Waals surface area contributed by atoms with Gasteiger partial charge in [-0.2, -0.15) is 0 Å². The van der Waals surface area contributed by atoms with Gasteiger partial charge in [-0.15, -0.1) is 0 Å². The van der Waals surface area contributed by atoms with E-state index < -0.39 is 6.10 Å². The lowest BCUT2D eigenvalue weighted by molar-refractivity contribution is -0.120. The topological polar surface area (TPSA) is 91.6 Å². The van der Waals surface area contributed by atoms with E-state index in [2.05, 4.69) is 10.6 Å². The second-order valence-electron chi connectivity index (χ2n) is 5.13. The van der Waals surface area contributed by atoms with Crippen molar-refractivity contribution < 1.29 is 19.1 Å². The zero-order chi connectivity index (χ0) is 15.3. The Morgan fingerprint density at radius 1 is 1.30 bits per heavy atom. The lowest BCUT2D eigenvalue weighted by atomic mass is 10.1. The molecule has 1 atom stereocenters. The van der Waals surface area contributed by atoms with Crippen LogP contribution >= 0.6 is 0 Å². The molecular formula is C14H22N2O4. The van der Waals surface area contributed by atoms with Gasteiger partial charge in [-0.05, 0) is 25.8 Å². The molecule has 1 heterocycles. The van der Waals surface area contributed by atoms with Crippen molar-refractivity contribution in [2.24, 2.45) is 5.92 Å². The summed E-state index contributed by atoms with van der Waals surface area (Å²) in [5.41, 5.74) is 0.428. The molecule has 3 N–H and O–H groups in total. The highest BCUT2D eigenvalue weighted by atomic mass is 16.3. The number of aliphatic hydroxyl groups is 1. The predicted molar refractivity (Wildman–Crippen MR) is 74.4 cm³/mol. The second-order valence-corrected chi connectivity index (χ2v) is 5.13. The standard InChI is InChI=1S/C14H22N2O4/c1-8(2)12(17)6-15-13(18)7-16-14(19)11-5-9(3)20-10(11)4/h5,8,12,17H,6-7H2,1-4H3,(H,15,18)(H,16,19). The third kappa shape index (κ3) is 4.70. The highest BCUT2D eigenvalue weighted by molar-refractivity contribution is 5.97. The predicted octanol–water partition coefficient (Wildman–Crippen LogP) is 0.759. The van der Waals surface area contributed by atoms with Gasteiger partial charge in [0.15, 0.2) is 0 Å². The molecule has 6 heteroatoms. The number of furan rings is 1. The monoisotopic (exact) mass is 282 g/mol. The van der Waals surface area contributed by atoms with E-state index in [1.165, 1.54) is 0 Å². The molecular weight excluding hydrogens is 260 g/mol. The molecule has 0 saturated carbocycles. The van der Waals surface area contributed by atoms with Crippen LogP contribution in [0.3, 0.4) is 0 Å². The lowest BCUT2D eigenvalue weighted by Crippen LogP contribution is -2.41. The van der Waals surface area contributed by atoms with Crippen molar-refractivity contribution in [2.75, 3.05) is 13.1 Å². The normalized spacial score (nSPS) is 12.3. The maximum atomic E-state index is 11.8. The van der Waals surface area contributed by atoms with Crippen LogP contribution in [0.25, 0.3) is 0 Å². The molecule has 0 fully saturated rings. The lowest BCUT2D eigenvalue weighted by Gasteiger charge is -2.15. The first-order chi connectivity index (χ1) is 9.31. The van der Waals surface area contributed by atoms with Crippen LogP contribution in [0.1, 0.15) is 35.7 Å². The number of carbonyl (C=O) groups is 2. The number of aryl methyl sites for hydroxylation is 2. The van der Waals surface area contributed by atoms with Gasteiger partial charge in [0.1, 0.15) is 11.5 Å². The molecule has 0 bridgehead atoms. The first-order valence-electron chi connectivity index (χ1n) is 6.61. The fourth-order valence-corrected chi connectivity index (χ4v) is 1.63. The van der Waals surface area contributed by atoms with Gasteiger partial charge in [-0.25, -0.2) is 0 Å². The minimum absolute atomic E-state index is 0.0708. The van der Waals surface area contributed by atoms with Gasteiger partial charge in [-0.3, -0.25) is 9.59 Å². The van der Waals surface area contributed by atoms with Crippen LogP contribution in [-0.4, -0.2) is 36.1 Å². The molecule has 20 heavy (non-hydrogen) atoms. The second kappa shape index (κ2) is 7.09. The van der Waals surface area contributed by atoms with Gasteiger partial charge in [0.05, 0.1) is 18.2 Å². The van der Waals surface area contributed by atoms with E-state index in [0.717, 1.165) is 0 Å². The van der Waals surface area contributed by atoms with E-state index in [-0.39, 0.29) is 30.8 Å². The van der Waals surface area contributed by atoms with Crippen molar-refractivity contribution in [1.82, 2.24) is 10.6 Å². The molecule has 1 unspecified atom stereocenters. The first-order valence-corrected chi connectivity index (χ1v) is 6.61. The zero-order valence-corrected chi connectivity index (χ0v) is 12.3. The summed E-state index contributed by atoms with van der Waals surface area (Å²) in [7, 11) is 0. The number of hydrogen-bond donors (Lipinski definition) is 3. The SMILES string of the molecule is Cc1cc(C(=O)NCC(=O)NCC(O)C(C)C)c(C)o1. The highest BCUT2D eigenvalue weighted by Gasteiger charge is 2.15. The quantitative estimate of drug-likeness (QED) is 0.718. The molecule has 112 valence electrons. The Morgan fingerprint density at radius 2 is 1.95 bits per heavy atom. The van der Waals surface area contributed by atoms with E-state index in [0.29, 0.717) is 17.1 Å². The summed E-state index contributed by atoms with van der Waals surface area (Å²) in [6.07, 6.45) is -0.589. The molecule has 0 radical (unpaired) electrons. The summed E-state index contributed by atoms with van der Waals surface area (Å²) in [6, 6.07) is 1.63. The third-order valence-corrected chi connectivity index (χ3v) is 2.97.